The van der Waals surface area contributed by atoms with Crippen LogP contribution in [0.5, 0.6) is 0 Å². The van der Waals surface area contributed by atoms with Crippen LogP contribution in [0.25, 0.3) is 0 Å². The van der Waals surface area contributed by atoms with Crippen molar-refractivity contribution in [2.45, 2.75) is 10.8 Å². The fourth-order valence-electron chi connectivity index (χ4n) is 1.20. The maximum Gasteiger partial charge on any atom is 0.115 e. The van der Waals surface area contributed by atoms with E-state index in [0.29, 0.717) is 0 Å². The lowest BCUT2D eigenvalue weighted by molar-refractivity contribution is 0.350. The molecule has 0 fully saturated rings. The predicted molar refractivity (Wildman–Crippen MR) is 69.9 cm³/mol. The van der Waals surface area contributed by atoms with Crippen molar-refractivity contribution in [3.05, 3.63) is 40.5 Å². The minimum atomic E-state index is -0.105. The molecule has 0 bridgehead atoms. The smallest absolute Gasteiger partial charge is 0.115 e. The van der Waals surface area contributed by atoms with Gasteiger partial charge in [0.1, 0.15) is 11.6 Å². The van der Waals surface area contributed by atoms with Crippen molar-refractivity contribution in [3.63, 3.8) is 0 Å². The third kappa shape index (κ3) is 3.56. The number of aliphatic hydroxyl groups is 1. The molecule has 2 rings (SSSR count). The standard InChI is InChI=1S/C12H10N2OS2/c15-6-1-2-10-3-7-16-11(10)9-17-12-8-13-4-5-14-12/h3-5,7-8,15H,6,9H2. The first-order valence-corrected chi connectivity index (χ1v) is 6.81. The summed E-state index contributed by atoms with van der Waals surface area (Å²) in [5.74, 6) is 6.43. The van der Waals surface area contributed by atoms with E-state index in [1.807, 2.05) is 11.4 Å². The van der Waals surface area contributed by atoms with Crippen molar-refractivity contribution in [1.82, 2.24) is 9.97 Å². The molecule has 0 amide bonds. The van der Waals surface area contributed by atoms with Crippen LogP contribution in [-0.4, -0.2) is 21.7 Å². The molecule has 0 unspecified atom stereocenters. The number of thiophene rings is 1. The van der Waals surface area contributed by atoms with Gasteiger partial charge in [-0.1, -0.05) is 23.6 Å². The van der Waals surface area contributed by atoms with Crippen molar-refractivity contribution >= 4 is 23.1 Å². The van der Waals surface area contributed by atoms with Crippen LogP contribution in [-0.2, 0) is 5.75 Å². The highest BCUT2D eigenvalue weighted by molar-refractivity contribution is 7.98. The van der Waals surface area contributed by atoms with E-state index in [0.717, 1.165) is 16.3 Å². The summed E-state index contributed by atoms with van der Waals surface area (Å²) in [6, 6.07) is 1.97. The molecule has 1 N–H and O–H groups in total. The molecule has 2 aromatic heterocycles. The Morgan fingerprint density at radius 2 is 2.35 bits per heavy atom. The second-order valence-corrected chi connectivity index (χ2v) is 5.05. The predicted octanol–water partition coefficient (Wildman–Crippen LogP) is 2.17. The second kappa shape index (κ2) is 6.40. The number of aromatic nitrogens is 2. The SMILES string of the molecule is OCC#Cc1ccsc1CSc1cnccn1. The van der Waals surface area contributed by atoms with Crippen LogP contribution in [0.15, 0.2) is 35.1 Å². The highest BCUT2D eigenvalue weighted by Gasteiger charge is 2.03. The number of hydrogen-bond acceptors (Lipinski definition) is 5. The van der Waals surface area contributed by atoms with Gasteiger partial charge in [0.25, 0.3) is 0 Å². The fourth-order valence-corrected chi connectivity index (χ4v) is 2.97. The molecule has 86 valence electrons. The first kappa shape index (κ1) is 12.1. The summed E-state index contributed by atoms with van der Waals surface area (Å²) >= 11 is 3.30. The molecule has 0 saturated heterocycles. The number of hydrogen-bond donors (Lipinski definition) is 1. The van der Waals surface area contributed by atoms with Crippen molar-refractivity contribution in [1.29, 1.82) is 0 Å². The van der Waals surface area contributed by atoms with Gasteiger partial charge in [-0.3, -0.25) is 4.98 Å². The molecule has 2 aromatic rings. The average molecular weight is 262 g/mol. The first-order chi connectivity index (χ1) is 8.40. The third-order valence-corrected chi connectivity index (χ3v) is 3.98. The van der Waals surface area contributed by atoms with Gasteiger partial charge in [0.05, 0.1) is 6.20 Å². The highest BCUT2D eigenvalue weighted by atomic mass is 32.2. The number of rotatable bonds is 3. The van der Waals surface area contributed by atoms with Crippen LogP contribution in [0, 0.1) is 11.8 Å². The minimum Gasteiger partial charge on any atom is -0.384 e. The van der Waals surface area contributed by atoms with E-state index in [4.69, 9.17) is 5.11 Å². The molecule has 2 heterocycles. The van der Waals surface area contributed by atoms with Crippen LogP contribution in [0.4, 0.5) is 0 Å². The van der Waals surface area contributed by atoms with Gasteiger partial charge >= 0.3 is 0 Å². The van der Waals surface area contributed by atoms with E-state index >= 15 is 0 Å². The lowest BCUT2D eigenvalue weighted by Crippen LogP contribution is -1.84. The Bertz CT molecular complexity index is 528. The van der Waals surface area contributed by atoms with Gasteiger partial charge in [-0.15, -0.1) is 11.3 Å². The minimum absolute atomic E-state index is 0.105. The molecule has 0 saturated carbocycles. The first-order valence-electron chi connectivity index (χ1n) is 4.95. The molecule has 0 atom stereocenters. The van der Waals surface area contributed by atoms with Gasteiger partial charge in [-0.25, -0.2) is 4.98 Å². The molecule has 0 aliphatic heterocycles. The molecule has 3 nitrogen and oxygen atoms in total. The normalized spacial score (nSPS) is 9.71. The molecular formula is C12H10N2OS2. The summed E-state index contributed by atoms with van der Waals surface area (Å²) in [4.78, 5) is 9.41. The van der Waals surface area contributed by atoms with Crippen molar-refractivity contribution < 1.29 is 5.11 Å². The topological polar surface area (TPSA) is 46.0 Å². The monoisotopic (exact) mass is 262 g/mol. The van der Waals surface area contributed by atoms with Gasteiger partial charge in [-0.05, 0) is 11.4 Å². The number of nitrogens with zero attached hydrogens (tertiary/aromatic N) is 2. The molecule has 0 radical (unpaired) electrons. The van der Waals surface area contributed by atoms with E-state index in [1.165, 1.54) is 4.88 Å². The molecule has 17 heavy (non-hydrogen) atoms. The van der Waals surface area contributed by atoms with Crippen LogP contribution >= 0.6 is 23.1 Å². The Labute approximate surface area is 108 Å². The molecular weight excluding hydrogens is 252 g/mol. The van der Waals surface area contributed by atoms with Gasteiger partial charge in [0.15, 0.2) is 0 Å². The van der Waals surface area contributed by atoms with Gasteiger partial charge in [0.2, 0.25) is 0 Å². The summed E-state index contributed by atoms with van der Waals surface area (Å²) < 4.78 is 0. The molecule has 0 aliphatic carbocycles. The zero-order chi connectivity index (χ0) is 11.9. The summed E-state index contributed by atoms with van der Waals surface area (Å²) in [5.41, 5.74) is 0.987. The van der Waals surface area contributed by atoms with E-state index in [9.17, 15) is 0 Å². The largest absolute Gasteiger partial charge is 0.384 e. The lowest BCUT2D eigenvalue weighted by Gasteiger charge is -1.98. The van der Waals surface area contributed by atoms with Crippen molar-refractivity contribution in [2.24, 2.45) is 0 Å². The van der Waals surface area contributed by atoms with E-state index in [2.05, 4.69) is 21.8 Å². The summed E-state index contributed by atoms with van der Waals surface area (Å²) in [7, 11) is 0. The van der Waals surface area contributed by atoms with E-state index in [-0.39, 0.29) is 6.61 Å². The second-order valence-electron chi connectivity index (χ2n) is 3.05. The van der Waals surface area contributed by atoms with Crippen LogP contribution in [0.1, 0.15) is 10.4 Å². The fraction of sp³-hybridized carbons (Fsp3) is 0.167. The summed E-state index contributed by atoms with van der Waals surface area (Å²) in [6.07, 6.45) is 5.09. The van der Waals surface area contributed by atoms with Gasteiger partial charge in [0, 0.05) is 28.6 Å². The van der Waals surface area contributed by atoms with Gasteiger partial charge < -0.3 is 5.11 Å². The Kier molecular flexibility index (Phi) is 4.56. The number of thioether (sulfide) groups is 1. The van der Waals surface area contributed by atoms with E-state index in [1.54, 1.807) is 41.7 Å². The Balaban J connectivity index is 2.02. The van der Waals surface area contributed by atoms with Crippen LogP contribution in [0.3, 0.4) is 0 Å². The third-order valence-electron chi connectivity index (χ3n) is 1.94. The van der Waals surface area contributed by atoms with E-state index < -0.39 is 0 Å². The van der Waals surface area contributed by atoms with Crippen LogP contribution in [0.2, 0.25) is 0 Å². The van der Waals surface area contributed by atoms with Crippen LogP contribution < -0.4 is 0 Å². The maximum atomic E-state index is 8.67. The molecule has 0 spiro atoms. The Morgan fingerprint density at radius 1 is 1.41 bits per heavy atom. The number of aliphatic hydroxyl groups excluding tert-OH is 1. The van der Waals surface area contributed by atoms with Crippen molar-refractivity contribution in [2.75, 3.05) is 6.61 Å². The quantitative estimate of drug-likeness (QED) is 0.680. The maximum absolute atomic E-state index is 8.67. The zero-order valence-electron chi connectivity index (χ0n) is 8.96. The summed E-state index contributed by atoms with van der Waals surface area (Å²) in [5, 5.41) is 11.6. The summed E-state index contributed by atoms with van der Waals surface area (Å²) in [6.45, 7) is -0.105. The average Bonchev–Trinajstić information content (AvgIpc) is 2.82. The molecule has 0 aromatic carbocycles. The molecule has 0 aliphatic rings. The lowest BCUT2D eigenvalue weighted by atomic mass is 10.3. The highest BCUT2D eigenvalue weighted by Crippen LogP contribution is 2.25. The Morgan fingerprint density at radius 3 is 3.12 bits per heavy atom. The zero-order valence-corrected chi connectivity index (χ0v) is 10.6. The molecule has 5 heteroatoms. The Hall–Kier alpha value is -1.35. The van der Waals surface area contributed by atoms with Gasteiger partial charge in [-0.2, -0.15) is 0 Å². The van der Waals surface area contributed by atoms with Crippen molar-refractivity contribution in [3.8, 4) is 11.8 Å².